The van der Waals surface area contributed by atoms with E-state index in [4.69, 9.17) is 33.7 Å². The molecule has 1 aliphatic rings. The van der Waals surface area contributed by atoms with Crippen LogP contribution in [0.5, 0.6) is 5.75 Å². The van der Waals surface area contributed by atoms with Crippen LogP contribution < -0.4 is 10.5 Å². The molecular formula is C42H63N6O10P. The lowest BCUT2D eigenvalue weighted by atomic mass is 9.86. The molecule has 0 saturated carbocycles. The number of nitrogens with zero attached hydrogens (tertiary/aromatic N) is 5. The third-order valence-electron chi connectivity index (χ3n) is 10.8. The first-order valence-electron chi connectivity index (χ1n) is 20.9. The highest BCUT2D eigenvalue weighted by Crippen LogP contribution is 2.48. The van der Waals surface area contributed by atoms with Crippen LogP contribution in [-0.2, 0) is 40.0 Å². The summed E-state index contributed by atoms with van der Waals surface area (Å²) >= 11 is 0. The van der Waals surface area contributed by atoms with Crippen molar-refractivity contribution in [2.75, 3.05) is 45.9 Å². The Balaban J connectivity index is 1.23. The second-order valence-corrected chi connectivity index (χ2v) is 16.7. The number of phosphoric acid groups is 1. The average Bonchev–Trinajstić information content (AvgIpc) is 3.80. The molecule has 3 heterocycles. The van der Waals surface area contributed by atoms with E-state index in [1.54, 1.807) is 24.3 Å². The van der Waals surface area contributed by atoms with E-state index in [1.807, 2.05) is 0 Å². The number of fused-ring (bicyclic) bond motifs is 1. The first kappa shape index (κ1) is 48.0. The summed E-state index contributed by atoms with van der Waals surface area (Å²) in [5.74, 6) is 0.565. The second kappa shape index (κ2) is 24.6. The van der Waals surface area contributed by atoms with Crippen molar-refractivity contribution in [1.29, 1.82) is 10.5 Å². The lowest BCUT2D eigenvalue weighted by molar-refractivity contribution is -0.0849. The quantitative estimate of drug-likeness (QED) is 0.0389. The molecule has 1 aliphatic heterocycles. The van der Waals surface area contributed by atoms with Crippen molar-refractivity contribution in [3.05, 3.63) is 53.5 Å². The number of nitrogen functional groups attached to an aromatic ring is 1. The van der Waals surface area contributed by atoms with E-state index < -0.39 is 51.1 Å². The summed E-state index contributed by atoms with van der Waals surface area (Å²) in [7, 11) is -3.41. The van der Waals surface area contributed by atoms with Gasteiger partial charge in [0, 0.05) is 12.2 Å². The number of aliphatic hydroxyl groups is 2. The van der Waals surface area contributed by atoms with E-state index in [-0.39, 0.29) is 24.7 Å². The zero-order chi connectivity index (χ0) is 42.6. The molecule has 59 heavy (non-hydrogen) atoms. The van der Waals surface area contributed by atoms with Crippen LogP contribution in [0, 0.1) is 22.7 Å². The molecule has 0 aliphatic carbocycles. The smallest absolute Gasteiger partial charge is 0.472 e. The summed E-state index contributed by atoms with van der Waals surface area (Å²) in [6.07, 6.45) is 18.6. The van der Waals surface area contributed by atoms with Gasteiger partial charge in [-0.3, -0.25) is 9.05 Å². The standard InChI is InChI=1S/C42H63N6O10P/c1-3-4-5-6-7-8-9-10-11-12-13-14-15-16-17-18-23-54-27-35(55-26-34-20-19-33(25-43)24-37(34)53-2)28-57-59(51,52)58-30-41(29-44)40(49)42(50,31-56-41)38-22-21-36-39(45)46-32-47-48(36)38/h19-22,24,32,35,40,49-50H,3-18,23,26-28,30-31H2,1-2H3,(H,51,52)(H2,45,46,47)/t35-,40-,41-,42-/m1/s1. The van der Waals surface area contributed by atoms with Gasteiger partial charge in [0.15, 0.2) is 11.4 Å². The van der Waals surface area contributed by atoms with Crippen LogP contribution >= 0.6 is 7.82 Å². The van der Waals surface area contributed by atoms with Crippen LogP contribution in [0.4, 0.5) is 5.82 Å². The molecule has 1 fully saturated rings. The molecule has 5 atom stereocenters. The third-order valence-corrected chi connectivity index (χ3v) is 11.7. The summed E-state index contributed by atoms with van der Waals surface area (Å²) in [4.78, 5) is 14.6. The minimum Gasteiger partial charge on any atom is -0.496 e. The zero-order valence-corrected chi connectivity index (χ0v) is 35.5. The lowest BCUT2D eigenvalue weighted by Gasteiger charge is -2.30. The van der Waals surface area contributed by atoms with Crippen LogP contribution in [0.25, 0.3) is 5.52 Å². The van der Waals surface area contributed by atoms with Crippen molar-refractivity contribution in [3.8, 4) is 17.9 Å². The van der Waals surface area contributed by atoms with Gasteiger partial charge in [-0.25, -0.2) is 14.1 Å². The molecule has 17 heteroatoms. The highest BCUT2D eigenvalue weighted by atomic mass is 31.2. The predicted octanol–water partition coefficient (Wildman–Crippen LogP) is 7.03. The molecule has 1 unspecified atom stereocenters. The number of aliphatic hydroxyl groups excluding tert-OH is 1. The zero-order valence-electron chi connectivity index (χ0n) is 34.6. The van der Waals surface area contributed by atoms with Gasteiger partial charge >= 0.3 is 7.82 Å². The van der Waals surface area contributed by atoms with Crippen LogP contribution in [0.2, 0.25) is 0 Å². The minimum absolute atomic E-state index is 0.0169. The molecule has 0 spiro atoms. The summed E-state index contributed by atoms with van der Waals surface area (Å²) in [6.45, 7) is 0.842. The summed E-state index contributed by atoms with van der Waals surface area (Å²) in [6, 6.07) is 11.8. The highest BCUT2D eigenvalue weighted by molar-refractivity contribution is 7.47. The Bertz CT molecular complexity index is 1850. The van der Waals surface area contributed by atoms with Crippen LogP contribution in [0.1, 0.15) is 126 Å². The minimum atomic E-state index is -4.89. The van der Waals surface area contributed by atoms with Gasteiger partial charge in [0.1, 0.15) is 42.5 Å². The van der Waals surface area contributed by atoms with Gasteiger partial charge in [0.05, 0.1) is 50.9 Å². The number of aromatic nitrogens is 3. The van der Waals surface area contributed by atoms with Crippen molar-refractivity contribution >= 4 is 19.2 Å². The number of ether oxygens (including phenoxy) is 4. The first-order valence-corrected chi connectivity index (χ1v) is 22.4. The third kappa shape index (κ3) is 14.2. The number of hydrogen-bond acceptors (Lipinski definition) is 14. The Labute approximate surface area is 348 Å². The number of phosphoric ester groups is 1. The topological polar surface area (TPSA) is 237 Å². The van der Waals surface area contributed by atoms with Gasteiger partial charge in [-0.1, -0.05) is 109 Å². The molecule has 4 rings (SSSR count). The van der Waals surface area contributed by atoms with Crippen LogP contribution in [0.3, 0.4) is 0 Å². The maximum absolute atomic E-state index is 13.1. The molecule has 0 bridgehead atoms. The number of benzene rings is 1. The summed E-state index contributed by atoms with van der Waals surface area (Å²) in [5.41, 5.74) is 2.96. The number of nitrogens with two attached hydrogens (primary N) is 1. The Morgan fingerprint density at radius 1 is 0.966 bits per heavy atom. The maximum Gasteiger partial charge on any atom is 0.472 e. The maximum atomic E-state index is 13.1. The molecule has 326 valence electrons. The number of nitriles is 2. The Hall–Kier alpha value is -3.67. The van der Waals surface area contributed by atoms with Crippen molar-refractivity contribution in [2.45, 2.75) is 140 Å². The van der Waals surface area contributed by atoms with Gasteiger partial charge in [-0.2, -0.15) is 15.6 Å². The SMILES string of the molecule is CCCCCCCCCCCCCCCCCCOC[C@H](COP(=O)(O)OC[C@@]1(C#N)OC[C@@](O)(c2ccc3c(N)ncnn23)[C@@H]1O)OCc1ccc(C#N)cc1OC. The monoisotopic (exact) mass is 842 g/mol. The fourth-order valence-electron chi connectivity index (χ4n) is 7.17. The second-order valence-electron chi connectivity index (χ2n) is 15.3. The van der Waals surface area contributed by atoms with Crippen LogP contribution in [-0.4, -0.2) is 87.7 Å². The molecule has 1 saturated heterocycles. The predicted molar refractivity (Wildman–Crippen MR) is 220 cm³/mol. The van der Waals surface area contributed by atoms with E-state index in [0.717, 1.165) is 19.3 Å². The van der Waals surface area contributed by atoms with Gasteiger partial charge < -0.3 is 39.8 Å². The fourth-order valence-corrected chi connectivity index (χ4v) is 7.95. The van der Waals surface area contributed by atoms with Crippen molar-refractivity contribution in [3.63, 3.8) is 0 Å². The van der Waals surface area contributed by atoms with Gasteiger partial charge in [0.25, 0.3) is 0 Å². The van der Waals surface area contributed by atoms with E-state index in [9.17, 15) is 30.2 Å². The number of anilines is 1. The molecular weight excluding hydrogens is 779 g/mol. The van der Waals surface area contributed by atoms with Crippen molar-refractivity contribution in [1.82, 2.24) is 14.6 Å². The summed E-state index contributed by atoms with van der Waals surface area (Å²) < 4.78 is 47.9. The van der Waals surface area contributed by atoms with Crippen molar-refractivity contribution in [2.24, 2.45) is 0 Å². The molecule has 2 aromatic heterocycles. The molecule has 1 aromatic carbocycles. The molecule has 5 N–H and O–H groups in total. The lowest BCUT2D eigenvalue weighted by Crippen LogP contribution is -2.50. The normalized spacial score (nSPS) is 20.6. The summed E-state index contributed by atoms with van der Waals surface area (Å²) in [5, 5.41) is 46.2. The van der Waals surface area contributed by atoms with Crippen molar-refractivity contribution < 1.29 is 47.7 Å². The van der Waals surface area contributed by atoms with Gasteiger partial charge in [-0.05, 0) is 30.7 Å². The van der Waals surface area contributed by atoms with Gasteiger partial charge in [-0.15, -0.1) is 0 Å². The Kier molecular flexibility index (Phi) is 20.0. The molecule has 0 amide bonds. The highest BCUT2D eigenvalue weighted by Gasteiger charge is 2.61. The van der Waals surface area contributed by atoms with Crippen LogP contribution in [0.15, 0.2) is 36.7 Å². The van der Waals surface area contributed by atoms with E-state index in [1.165, 1.54) is 114 Å². The first-order chi connectivity index (χ1) is 28.5. The fraction of sp³-hybridized carbons (Fsp3) is 0.667. The molecule has 3 aromatic rings. The number of unbranched alkanes of at least 4 members (excludes halogenated alkanes) is 15. The Morgan fingerprint density at radius 2 is 1.61 bits per heavy atom. The molecule has 0 radical (unpaired) electrons. The largest absolute Gasteiger partial charge is 0.496 e. The van der Waals surface area contributed by atoms with E-state index in [0.29, 0.717) is 29.0 Å². The molecule has 16 nitrogen and oxygen atoms in total. The number of hydrogen-bond donors (Lipinski definition) is 4. The average molecular weight is 843 g/mol. The number of methoxy groups -OCH3 is 1. The number of rotatable bonds is 30. The van der Waals surface area contributed by atoms with E-state index >= 15 is 0 Å². The Morgan fingerprint density at radius 3 is 2.22 bits per heavy atom. The van der Waals surface area contributed by atoms with E-state index in [2.05, 4.69) is 23.1 Å². The van der Waals surface area contributed by atoms with Gasteiger partial charge in [0.2, 0.25) is 5.60 Å².